The van der Waals surface area contributed by atoms with E-state index < -0.39 is 11.7 Å². The first-order valence-corrected chi connectivity index (χ1v) is 8.81. The molecule has 2 heterocycles. The van der Waals surface area contributed by atoms with Gasteiger partial charge in [0.05, 0.1) is 12.8 Å². The molecule has 0 unspecified atom stereocenters. The molecule has 0 radical (unpaired) electrons. The molecule has 4 aromatic rings. The fourth-order valence-corrected chi connectivity index (χ4v) is 2.86. The van der Waals surface area contributed by atoms with Crippen LogP contribution >= 0.6 is 11.6 Å². The number of nitrogens with zero attached hydrogens (tertiary/aromatic N) is 1. The van der Waals surface area contributed by atoms with E-state index in [1.54, 1.807) is 48.5 Å². The zero-order chi connectivity index (χ0) is 19.5. The molecule has 2 aromatic heterocycles. The Morgan fingerprint density at radius 1 is 1.11 bits per heavy atom. The molecular weight excluding hydrogens is 383 g/mol. The van der Waals surface area contributed by atoms with Gasteiger partial charge in [0, 0.05) is 10.4 Å². The number of carbonyl (C=O) groups is 1. The molecular formula is C21H14ClFN2O3. The van der Waals surface area contributed by atoms with E-state index in [2.05, 4.69) is 10.3 Å². The van der Waals surface area contributed by atoms with Crippen LogP contribution < -0.4 is 10.9 Å². The van der Waals surface area contributed by atoms with E-state index in [0.717, 1.165) is 0 Å². The maximum absolute atomic E-state index is 14.0. The molecule has 0 saturated carbocycles. The molecule has 2 aromatic carbocycles. The molecule has 0 bridgehead atoms. The average Bonchev–Trinajstić information content (AvgIpc) is 3.21. The summed E-state index contributed by atoms with van der Waals surface area (Å²) in [6.07, 6.45) is 1.52. The number of halogens is 2. The van der Waals surface area contributed by atoms with E-state index in [1.807, 2.05) is 0 Å². The third kappa shape index (κ3) is 3.82. The molecule has 0 spiro atoms. The van der Waals surface area contributed by atoms with E-state index in [1.165, 1.54) is 18.4 Å². The molecule has 140 valence electrons. The van der Waals surface area contributed by atoms with Crippen LogP contribution in [-0.4, -0.2) is 5.91 Å². The van der Waals surface area contributed by atoms with Crippen LogP contribution in [-0.2, 0) is 6.54 Å². The molecule has 7 heteroatoms. The van der Waals surface area contributed by atoms with Crippen LogP contribution in [0.1, 0.15) is 16.1 Å². The zero-order valence-electron chi connectivity index (χ0n) is 14.5. The summed E-state index contributed by atoms with van der Waals surface area (Å²) in [5.41, 5.74) is 0.697. The molecule has 0 aliphatic rings. The van der Waals surface area contributed by atoms with Gasteiger partial charge in [-0.1, -0.05) is 23.7 Å². The summed E-state index contributed by atoms with van der Waals surface area (Å²) < 4.78 is 25.1. The molecule has 28 heavy (non-hydrogen) atoms. The normalized spacial score (nSPS) is 11.7. The van der Waals surface area contributed by atoms with Crippen molar-refractivity contribution in [3.05, 3.63) is 94.6 Å². The highest BCUT2D eigenvalue weighted by atomic mass is 35.5. The molecule has 0 aliphatic carbocycles. The van der Waals surface area contributed by atoms with Gasteiger partial charge in [-0.2, -0.15) is 0 Å². The standard InChI is InChI=1S/C21H14ClFN2O3/c22-14-7-8-19-13(10-14)11-16(20(26)24-12-15-4-3-9-27-15)21(28-19)25-18-6-2-1-5-17(18)23/h1-11H,12H2,(H,24,26). The molecule has 0 fully saturated rings. The number of hydrogen-bond donors (Lipinski definition) is 1. The Kier molecular flexibility index (Phi) is 4.95. The minimum Gasteiger partial charge on any atom is -0.467 e. The van der Waals surface area contributed by atoms with Gasteiger partial charge < -0.3 is 14.2 Å². The fourth-order valence-electron chi connectivity index (χ4n) is 2.67. The van der Waals surface area contributed by atoms with Crippen LogP contribution in [0.4, 0.5) is 10.1 Å². The third-order valence-electron chi connectivity index (χ3n) is 4.03. The van der Waals surface area contributed by atoms with Gasteiger partial charge in [0.2, 0.25) is 5.55 Å². The lowest BCUT2D eigenvalue weighted by Gasteiger charge is -2.06. The van der Waals surface area contributed by atoms with Crippen LogP contribution in [0.5, 0.6) is 0 Å². The van der Waals surface area contributed by atoms with Crippen molar-refractivity contribution in [2.24, 2.45) is 4.99 Å². The molecule has 5 nitrogen and oxygen atoms in total. The second-order valence-electron chi connectivity index (χ2n) is 5.97. The Morgan fingerprint density at radius 2 is 1.96 bits per heavy atom. The number of hydrogen-bond acceptors (Lipinski definition) is 4. The summed E-state index contributed by atoms with van der Waals surface area (Å²) >= 11 is 6.04. The Labute approximate surface area is 164 Å². The van der Waals surface area contributed by atoms with Crippen molar-refractivity contribution in [2.45, 2.75) is 6.54 Å². The zero-order valence-corrected chi connectivity index (χ0v) is 15.2. The number of nitrogens with one attached hydrogen (secondary N) is 1. The van der Waals surface area contributed by atoms with E-state index in [-0.39, 0.29) is 23.3 Å². The number of fused-ring (bicyclic) bond motifs is 1. The van der Waals surface area contributed by atoms with Gasteiger partial charge in [-0.25, -0.2) is 9.38 Å². The van der Waals surface area contributed by atoms with Crippen LogP contribution in [0.25, 0.3) is 11.0 Å². The van der Waals surface area contributed by atoms with Crippen molar-refractivity contribution in [1.29, 1.82) is 0 Å². The highest BCUT2D eigenvalue weighted by Crippen LogP contribution is 2.20. The van der Waals surface area contributed by atoms with Crippen molar-refractivity contribution < 1.29 is 18.0 Å². The summed E-state index contributed by atoms with van der Waals surface area (Å²) in [6, 6.07) is 16.1. The number of benzene rings is 2. The van der Waals surface area contributed by atoms with Crippen molar-refractivity contribution in [3.8, 4) is 0 Å². The second-order valence-corrected chi connectivity index (χ2v) is 6.41. The molecule has 1 amide bonds. The van der Waals surface area contributed by atoms with Crippen LogP contribution in [0.3, 0.4) is 0 Å². The first kappa shape index (κ1) is 18.0. The van der Waals surface area contributed by atoms with Gasteiger partial charge in [0.1, 0.15) is 28.4 Å². The van der Waals surface area contributed by atoms with Crippen LogP contribution in [0.2, 0.25) is 5.02 Å². The number of rotatable bonds is 4. The molecule has 1 N–H and O–H groups in total. The predicted octanol–water partition coefficient (Wildman–Crippen LogP) is 4.98. The Bertz CT molecular complexity index is 1220. The summed E-state index contributed by atoms with van der Waals surface area (Å²) in [4.78, 5) is 17.0. The molecule has 4 rings (SSSR count). The largest absolute Gasteiger partial charge is 0.467 e. The lowest BCUT2D eigenvalue weighted by atomic mass is 10.1. The van der Waals surface area contributed by atoms with E-state index in [0.29, 0.717) is 21.8 Å². The summed E-state index contributed by atoms with van der Waals surface area (Å²) in [5, 5.41) is 3.87. The van der Waals surface area contributed by atoms with Gasteiger partial charge in [-0.15, -0.1) is 0 Å². The maximum atomic E-state index is 14.0. The van der Waals surface area contributed by atoms with Gasteiger partial charge in [0.15, 0.2) is 0 Å². The lowest BCUT2D eigenvalue weighted by Crippen LogP contribution is -2.28. The predicted molar refractivity (Wildman–Crippen MR) is 103 cm³/mol. The third-order valence-corrected chi connectivity index (χ3v) is 4.27. The molecule has 0 atom stereocenters. The SMILES string of the molecule is O=C(NCc1ccco1)c1cc2cc(Cl)ccc2oc1=Nc1ccccc1F. The highest BCUT2D eigenvalue weighted by Gasteiger charge is 2.14. The second kappa shape index (κ2) is 7.70. The number of furan rings is 1. The van der Waals surface area contributed by atoms with Crippen molar-refractivity contribution >= 4 is 34.2 Å². The first-order chi connectivity index (χ1) is 13.6. The quantitative estimate of drug-likeness (QED) is 0.529. The van der Waals surface area contributed by atoms with E-state index in [4.69, 9.17) is 20.4 Å². The van der Waals surface area contributed by atoms with Crippen molar-refractivity contribution in [3.63, 3.8) is 0 Å². The maximum Gasteiger partial charge on any atom is 0.257 e. The monoisotopic (exact) mass is 396 g/mol. The number of carbonyl (C=O) groups excluding carboxylic acids is 1. The van der Waals surface area contributed by atoms with Crippen molar-refractivity contribution in [2.75, 3.05) is 0 Å². The summed E-state index contributed by atoms with van der Waals surface area (Å²) in [7, 11) is 0. The topological polar surface area (TPSA) is 67.7 Å². The Hall–Kier alpha value is -3.38. The molecule has 0 aliphatic heterocycles. The van der Waals surface area contributed by atoms with Gasteiger partial charge in [0.25, 0.3) is 5.91 Å². The van der Waals surface area contributed by atoms with Crippen LogP contribution in [0, 0.1) is 5.82 Å². The summed E-state index contributed by atoms with van der Waals surface area (Å²) in [6.45, 7) is 0.193. The number of para-hydroxylation sites is 1. The Morgan fingerprint density at radius 3 is 2.75 bits per heavy atom. The van der Waals surface area contributed by atoms with Gasteiger partial charge in [-0.3, -0.25) is 4.79 Å². The lowest BCUT2D eigenvalue weighted by molar-refractivity contribution is 0.0944. The minimum absolute atomic E-state index is 0.00290. The average molecular weight is 397 g/mol. The van der Waals surface area contributed by atoms with E-state index >= 15 is 0 Å². The fraction of sp³-hybridized carbons (Fsp3) is 0.0476. The van der Waals surface area contributed by atoms with E-state index in [9.17, 15) is 9.18 Å². The molecule has 0 saturated heterocycles. The smallest absolute Gasteiger partial charge is 0.257 e. The summed E-state index contributed by atoms with van der Waals surface area (Å²) in [5.74, 6) is -0.352. The first-order valence-electron chi connectivity index (χ1n) is 8.43. The highest BCUT2D eigenvalue weighted by molar-refractivity contribution is 6.31. The van der Waals surface area contributed by atoms with Gasteiger partial charge in [-0.05, 0) is 48.5 Å². The van der Waals surface area contributed by atoms with Gasteiger partial charge >= 0.3 is 0 Å². The number of amides is 1. The van der Waals surface area contributed by atoms with Crippen LogP contribution in [0.15, 0.2) is 80.8 Å². The Balaban J connectivity index is 1.82. The minimum atomic E-state index is -0.518. The van der Waals surface area contributed by atoms with Crippen molar-refractivity contribution in [1.82, 2.24) is 5.32 Å².